The number of sulfonamides is 1. The van der Waals surface area contributed by atoms with Crippen molar-refractivity contribution in [2.24, 2.45) is 0 Å². The predicted molar refractivity (Wildman–Crippen MR) is 71.7 cm³/mol. The van der Waals surface area contributed by atoms with Crippen molar-refractivity contribution in [1.82, 2.24) is 4.31 Å². The first kappa shape index (κ1) is 13.1. The van der Waals surface area contributed by atoms with E-state index in [-0.39, 0.29) is 11.8 Å². The van der Waals surface area contributed by atoms with Crippen LogP contribution in [0.1, 0.15) is 43.5 Å². The van der Waals surface area contributed by atoms with E-state index in [2.05, 4.69) is 6.07 Å². The lowest BCUT2D eigenvalue weighted by Crippen LogP contribution is -2.35. The fourth-order valence-electron chi connectivity index (χ4n) is 2.35. The van der Waals surface area contributed by atoms with Crippen LogP contribution < -0.4 is 0 Å². The smallest absolute Gasteiger partial charge is 0.212 e. The molecule has 0 saturated carbocycles. The Morgan fingerprint density at radius 1 is 1.41 bits per heavy atom. The largest absolute Gasteiger partial charge is 0.214 e. The van der Waals surface area contributed by atoms with E-state index < -0.39 is 10.0 Å². The highest BCUT2D eigenvalue weighted by Crippen LogP contribution is 2.34. The van der Waals surface area contributed by atoms with Crippen LogP contribution in [0.25, 0.3) is 0 Å². The van der Waals surface area contributed by atoms with Gasteiger partial charge in [0.05, 0.1) is 11.8 Å². The molecule has 5 heteroatoms. The monoisotopic (exact) mass is 273 g/mol. The molecule has 0 aromatic carbocycles. The van der Waals surface area contributed by atoms with Crippen LogP contribution in [-0.4, -0.2) is 25.0 Å². The van der Waals surface area contributed by atoms with Gasteiger partial charge in [0.15, 0.2) is 0 Å². The highest BCUT2D eigenvalue weighted by Gasteiger charge is 2.31. The van der Waals surface area contributed by atoms with Crippen LogP contribution in [0.15, 0.2) is 17.5 Å². The van der Waals surface area contributed by atoms with E-state index in [1.165, 1.54) is 4.88 Å². The Labute approximate surface area is 108 Å². The Bertz CT molecular complexity index is 439. The van der Waals surface area contributed by atoms with Crippen molar-refractivity contribution in [3.8, 4) is 0 Å². The summed E-state index contributed by atoms with van der Waals surface area (Å²) < 4.78 is 26.0. The van der Waals surface area contributed by atoms with Crippen LogP contribution in [0.3, 0.4) is 0 Å². The van der Waals surface area contributed by atoms with Gasteiger partial charge >= 0.3 is 0 Å². The number of thiophene rings is 1. The van der Waals surface area contributed by atoms with Crippen LogP contribution in [0.4, 0.5) is 0 Å². The van der Waals surface area contributed by atoms with Gasteiger partial charge in [0.25, 0.3) is 0 Å². The molecule has 17 heavy (non-hydrogen) atoms. The Kier molecular flexibility index (Phi) is 4.22. The SMILES string of the molecule is CCS(=O)(=O)N1CCCCCC1c1cccs1. The summed E-state index contributed by atoms with van der Waals surface area (Å²) in [5.74, 6) is 0.203. The maximum absolute atomic E-state index is 12.1. The zero-order valence-corrected chi connectivity index (χ0v) is 11.8. The first-order valence-electron chi connectivity index (χ1n) is 6.18. The number of nitrogens with zero attached hydrogens (tertiary/aromatic N) is 1. The molecule has 1 fully saturated rings. The van der Waals surface area contributed by atoms with Crippen molar-refractivity contribution >= 4 is 21.4 Å². The Morgan fingerprint density at radius 3 is 2.88 bits per heavy atom. The predicted octanol–water partition coefficient (Wildman–Crippen LogP) is 3.01. The first-order valence-corrected chi connectivity index (χ1v) is 8.67. The molecule has 2 rings (SSSR count). The summed E-state index contributed by atoms with van der Waals surface area (Å²) in [7, 11) is -3.08. The van der Waals surface area contributed by atoms with Gasteiger partial charge in [-0.15, -0.1) is 11.3 Å². The molecule has 1 aliphatic heterocycles. The fourth-order valence-corrected chi connectivity index (χ4v) is 4.63. The standard InChI is InChI=1S/C12H19NO2S2/c1-2-17(14,15)13-9-5-3-4-7-11(13)12-8-6-10-16-12/h6,8,10-11H,2-5,7,9H2,1H3. The summed E-state index contributed by atoms with van der Waals surface area (Å²) in [6, 6.07) is 4.13. The van der Waals surface area contributed by atoms with Gasteiger partial charge < -0.3 is 0 Å². The fraction of sp³-hybridized carbons (Fsp3) is 0.667. The van der Waals surface area contributed by atoms with Gasteiger partial charge in [-0.25, -0.2) is 8.42 Å². The molecule has 0 amide bonds. The molecule has 1 atom stereocenters. The first-order chi connectivity index (χ1) is 8.15. The maximum atomic E-state index is 12.1. The van der Waals surface area contributed by atoms with Crippen LogP contribution >= 0.6 is 11.3 Å². The summed E-state index contributed by atoms with van der Waals surface area (Å²) in [6.07, 6.45) is 4.21. The molecule has 1 aromatic heterocycles. The van der Waals surface area contributed by atoms with Crippen LogP contribution in [0.2, 0.25) is 0 Å². The normalized spacial score (nSPS) is 23.5. The van der Waals surface area contributed by atoms with Gasteiger partial charge in [0.2, 0.25) is 10.0 Å². The van der Waals surface area contributed by atoms with E-state index in [1.807, 2.05) is 11.4 Å². The third kappa shape index (κ3) is 2.89. The van der Waals surface area contributed by atoms with Gasteiger partial charge in [-0.1, -0.05) is 18.9 Å². The quantitative estimate of drug-likeness (QED) is 0.849. The van der Waals surface area contributed by atoms with Crippen molar-refractivity contribution in [3.63, 3.8) is 0 Å². The highest BCUT2D eigenvalue weighted by atomic mass is 32.2. The minimum Gasteiger partial charge on any atom is -0.212 e. The Morgan fingerprint density at radius 2 is 2.24 bits per heavy atom. The van der Waals surface area contributed by atoms with Crippen molar-refractivity contribution < 1.29 is 8.42 Å². The Balaban J connectivity index is 2.31. The molecular weight excluding hydrogens is 254 g/mol. The van der Waals surface area contributed by atoms with Crippen LogP contribution in [0, 0.1) is 0 Å². The van der Waals surface area contributed by atoms with E-state index in [0.717, 1.165) is 25.7 Å². The molecule has 3 nitrogen and oxygen atoms in total. The van der Waals surface area contributed by atoms with Gasteiger partial charge in [0, 0.05) is 11.4 Å². The molecule has 0 spiro atoms. The second-order valence-corrected chi connectivity index (χ2v) is 7.58. The lowest BCUT2D eigenvalue weighted by molar-refractivity contribution is 0.333. The molecule has 0 bridgehead atoms. The molecular formula is C12H19NO2S2. The third-order valence-corrected chi connectivity index (χ3v) is 6.15. The molecule has 0 N–H and O–H groups in total. The maximum Gasteiger partial charge on any atom is 0.214 e. The zero-order valence-electron chi connectivity index (χ0n) is 10.1. The molecule has 2 heterocycles. The second kappa shape index (κ2) is 5.50. The minimum absolute atomic E-state index is 0.0717. The van der Waals surface area contributed by atoms with Crippen LogP contribution in [0.5, 0.6) is 0 Å². The lowest BCUT2D eigenvalue weighted by Gasteiger charge is -2.27. The van der Waals surface area contributed by atoms with Crippen molar-refractivity contribution in [2.75, 3.05) is 12.3 Å². The molecule has 1 unspecified atom stereocenters. The van der Waals surface area contributed by atoms with E-state index >= 15 is 0 Å². The summed E-state index contributed by atoms with van der Waals surface area (Å²) in [5, 5.41) is 2.02. The molecule has 1 aromatic rings. The summed E-state index contributed by atoms with van der Waals surface area (Å²) >= 11 is 1.66. The van der Waals surface area contributed by atoms with E-state index in [9.17, 15) is 8.42 Å². The summed E-state index contributed by atoms with van der Waals surface area (Å²) in [6.45, 7) is 2.41. The van der Waals surface area contributed by atoms with Gasteiger partial charge in [-0.2, -0.15) is 4.31 Å². The minimum atomic E-state index is -3.08. The van der Waals surface area contributed by atoms with Gasteiger partial charge in [0.1, 0.15) is 0 Å². The second-order valence-electron chi connectivity index (χ2n) is 4.39. The number of hydrogen-bond acceptors (Lipinski definition) is 3. The number of rotatable bonds is 3. The Hall–Kier alpha value is -0.390. The zero-order chi connectivity index (χ0) is 12.3. The summed E-state index contributed by atoms with van der Waals surface area (Å²) in [4.78, 5) is 1.18. The average Bonchev–Trinajstić information content (AvgIpc) is 2.73. The van der Waals surface area contributed by atoms with E-state index in [4.69, 9.17) is 0 Å². The molecule has 0 radical (unpaired) electrons. The van der Waals surface area contributed by atoms with Crippen molar-refractivity contribution in [1.29, 1.82) is 0 Å². The molecule has 1 aliphatic rings. The van der Waals surface area contributed by atoms with Crippen molar-refractivity contribution in [2.45, 2.75) is 38.6 Å². The lowest BCUT2D eigenvalue weighted by atomic mass is 10.1. The van der Waals surface area contributed by atoms with Crippen molar-refractivity contribution in [3.05, 3.63) is 22.4 Å². The van der Waals surface area contributed by atoms with Gasteiger partial charge in [-0.05, 0) is 31.2 Å². The highest BCUT2D eigenvalue weighted by molar-refractivity contribution is 7.89. The third-order valence-electron chi connectivity index (χ3n) is 3.30. The van der Waals surface area contributed by atoms with E-state index in [0.29, 0.717) is 6.54 Å². The molecule has 96 valence electrons. The van der Waals surface area contributed by atoms with Crippen LogP contribution in [-0.2, 0) is 10.0 Å². The molecule has 1 saturated heterocycles. The topological polar surface area (TPSA) is 37.4 Å². The van der Waals surface area contributed by atoms with Gasteiger partial charge in [-0.3, -0.25) is 0 Å². The number of hydrogen-bond donors (Lipinski definition) is 0. The molecule has 0 aliphatic carbocycles. The average molecular weight is 273 g/mol. The summed E-state index contributed by atoms with van der Waals surface area (Å²) in [5.41, 5.74) is 0. The van der Waals surface area contributed by atoms with E-state index in [1.54, 1.807) is 22.6 Å².